The minimum absolute atomic E-state index is 0.0726. The van der Waals surface area contributed by atoms with Crippen LogP contribution >= 0.6 is 11.3 Å². The molecule has 2 aromatic heterocycles. The van der Waals surface area contributed by atoms with Crippen LogP contribution in [0.2, 0.25) is 0 Å². The number of aryl methyl sites for hydroxylation is 1. The van der Waals surface area contributed by atoms with Crippen LogP contribution in [0.4, 0.5) is 5.69 Å². The Balaban J connectivity index is 1.31. The first-order valence-electron chi connectivity index (χ1n) is 11.2. The van der Waals surface area contributed by atoms with Crippen LogP contribution in [-0.2, 0) is 6.42 Å². The van der Waals surface area contributed by atoms with Crippen LogP contribution in [0.25, 0.3) is 0 Å². The number of hydrogen-bond donors (Lipinski definition) is 1. The lowest BCUT2D eigenvalue weighted by Gasteiger charge is -2.35. The summed E-state index contributed by atoms with van der Waals surface area (Å²) in [5.41, 5.74) is 6.30. The second-order valence-electron chi connectivity index (χ2n) is 8.30. The molecule has 1 aromatic carbocycles. The molecule has 0 saturated carbocycles. The number of hydrogen-bond acceptors (Lipinski definition) is 6. The Morgan fingerprint density at radius 2 is 1.82 bits per heavy atom. The minimum Gasteiger partial charge on any atom is -0.455 e. The lowest BCUT2D eigenvalue weighted by atomic mass is 9.93. The van der Waals surface area contributed by atoms with Crippen LogP contribution in [0, 0.1) is 6.92 Å². The van der Waals surface area contributed by atoms with Crippen molar-refractivity contribution in [2.24, 2.45) is 5.10 Å². The van der Waals surface area contributed by atoms with Crippen LogP contribution in [0.15, 0.2) is 57.4 Å². The van der Waals surface area contributed by atoms with Crippen LogP contribution in [0.1, 0.15) is 50.0 Å². The zero-order chi connectivity index (χ0) is 22.8. The van der Waals surface area contributed by atoms with Crippen molar-refractivity contribution < 1.29 is 14.0 Å². The average Bonchev–Trinajstić information content (AvgIpc) is 3.52. The third-order valence-corrected chi connectivity index (χ3v) is 7.11. The van der Waals surface area contributed by atoms with Gasteiger partial charge in [0.2, 0.25) is 0 Å². The van der Waals surface area contributed by atoms with E-state index in [2.05, 4.69) is 27.6 Å². The van der Waals surface area contributed by atoms with Crippen LogP contribution in [0.3, 0.4) is 0 Å². The fourth-order valence-electron chi connectivity index (χ4n) is 4.52. The summed E-state index contributed by atoms with van der Waals surface area (Å²) in [4.78, 5) is 30.4. The van der Waals surface area contributed by atoms with Gasteiger partial charge in [-0.25, -0.2) is 5.43 Å². The largest absolute Gasteiger partial charge is 0.455 e. The van der Waals surface area contributed by atoms with Gasteiger partial charge in [0.25, 0.3) is 11.8 Å². The summed E-state index contributed by atoms with van der Waals surface area (Å²) in [7, 11) is 0. The predicted molar refractivity (Wildman–Crippen MR) is 129 cm³/mol. The molecule has 0 unspecified atom stereocenters. The maximum atomic E-state index is 13.3. The Morgan fingerprint density at radius 3 is 2.55 bits per heavy atom. The summed E-state index contributed by atoms with van der Waals surface area (Å²) in [5, 5.41) is 6.26. The van der Waals surface area contributed by atoms with Crippen molar-refractivity contribution in [2.75, 3.05) is 31.1 Å². The highest BCUT2D eigenvalue weighted by atomic mass is 32.1. The SMILES string of the molecule is Cc1c(C(=O)N2CCN(c3ccccc3)CC2)oc2c1/C(=N/NC(=O)c1cccs1)CCC2. The fourth-order valence-corrected chi connectivity index (χ4v) is 5.13. The van der Waals surface area contributed by atoms with Crippen molar-refractivity contribution in [1.82, 2.24) is 10.3 Å². The minimum atomic E-state index is -0.224. The normalized spacial score (nSPS) is 17.2. The molecule has 1 saturated heterocycles. The molecule has 1 aliphatic carbocycles. The van der Waals surface area contributed by atoms with Crippen LogP contribution in [0.5, 0.6) is 0 Å². The van der Waals surface area contributed by atoms with E-state index in [1.807, 2.05) is 41.5 Å². The molecule has 33 heavy (non-hydrogen) atoms. The van der Waals surface area contributed by atoms with Gasteiger partial charge in [0.15, 0.2) is 5.76 Å². The van der Waals surface area contributed by atoms with Crippen LogP contribution < -0.4 is 10.3 Å². The summed E-state index contributed by atoms with van der Waals surface area (Å²) >= 11 is 1.38. The molecule has 170 valence electrons. The number of anilines is 1. The Hall–Kier alpha value is -3.39. The number of nitrogens with zero attached hydrogens (tertiary/aromatic N) is 3. The zero-order valence-electron chi connectivity index (χ0n) is 18.5. The lowest BCUT2D eigenvalue weighted by molar-refractivity contribution is 0.0711. The highest BCUT2D eigenvalue weighted by Crippen LogP contribution is 2.31. The third kappa shape index (κ3) is 4.30. The van der Waals surface area contributed by atoms with Gasteiger partial charge < -0.3 is 14.2 Å². The highest BCUT2D eigenvalue weighted by Gasteiger charge is 2.31. The number of piperazine rings is 1. The van der Waals surface area contributed by atoms with Crippen molar-refractivity contribution in [3.8, 4) is 0 Å². The number of para-hydroxylation sites is 1. The van der Waals surface area contributed by atoms with Gasteiger partial charge in [-0.15, -0.1) is 11.3 Å². The zero-order valence-corrected chi connectivity index (χ0v) is 19.4. The monoisotopic (exact) mass is 462 g/mol. The second-order valence-corrected chi connectivity index (χ2v) is 9.25. The van der Waals surface area contributed by atoms with Gasteiger partial charge in [-0.3, -0.25) is 9.59 Å². The Labute approximate surface area is 196 Å². The third-order valence-electron chi connectivity index (χ3n) is 6.25. The molecule has 3 aromatic rings. The van der Waals surface area contributed by atoms with Gasteiger partial charge in [0.05, 0.1) is 10.6 Å². The topological polar surface area (TPSA) is 78.2 Å². The van der Waals surface area contributed by atoms with E-state index in [4.69, 9.17) is 4.42 Å². The molecule has 2 aliphatic rings. The smallest absolute Gasteiger partial charge is 0.289 e. The lowest BCUT2D eigenvalue weighted by Crippen LogP contribution is -2.48. The first kappa shape index (κ1) is 21.5. The molecule has 0 bridgehead atoms. The molecule has 8 heteroatoms. The number of hydrazone groups is 1. The van der Waals surface area contributed by atoms with Gasteiger partial charge in [0, 0.05) is 49.4 Å². The van der Waals surface area contributed by atoms with Crippen LogP contribution in [-0.4, -0.2) is 48.6 Å². The molecule has 1 N–H and O–H groups in total. The number of thiophene rings is 1. The summed E-state index contributed by atoms with van der Waals surface area (Å²) in [5.74, 6) is 0.886. The van der Waals surface area contributed by atoms with E-state index >= 15 is 0 Å². The Kier molecular flexibility index (Phi) is 6.00. The first-order chi connectivity index (χ1) is 16.1. The number of carbonyl (C=O) groups excluding carboxylic acids is 2. The average molecular weight is 463 g/mol. The molecule has 1 fully saturated rings. The van der Waals surface area contributed by atoms with Gasteiger partial charge in [-0.2, -0.15) is 5.10 Å². The molecule has 7 nitrogen and oxygen atoms in total. The molecular formula is C25H26N4O3S. The van der Waals surface area contributed by atoms with Crippen molar-refractivity contribution >= 4 is 34.6 Å². The number of rotatable bonds is 4. The van der Waals surface area contributed by atoms with Crippen molar-refractivity contribution in [3.63, 3.8) is 0 Å². The summed E-state index contributed by atoms with van der Waals surface area (Å²) in [6.45, 7) is 4.79. The molecular weight excluding hydrogens is 436 g/mol. The van der Waals surface area contributed by atoms with Crippen molar-refractivity contribution in [2.45, 2.75) is 26.2 Å². The number of carbonyl (C=O) groups is 2. The van der Waals surface area contributed by atoms with Gasteiger partial charge in [0.1, 0.15) is 5.76 Å². The summed E-state index contributed by atoms with van der Waals surface area (Å²) < 4.78 is 6.08. The van der Waals surface area contributed by atoms with Gasteiger partial charge >= 0.3 is 0 Å². The van der Waals surface area contributed by atoms with Gasteiger partial charge in [-0.05, 0) is 43.3 Å². The Bertz CT molecular complexity index is 1180. The quantitative estimate of drug-likeness (QED) is 0.593. The maximum absolute atomic E-state index is 13.3. The number of amides is 2. The fraction of sp³-hybridized carbons (Fsp3) is 0.320. The van der Waals surface area contributed by atoms with E-state index < -0.39 is 0 Å². The molecule has 1 aliphatic heterocycles. The second kappa shape index (κ2) is 9.23. The first-order valence-corrected chi connectivity index (χ1v) is 12.1. The Morgan fingerprint density at radius 1 is 1.03 bits per heavy atom. The molecule has 5 rings (SSSR count). The number of furan rings is 1. The number of benzene rings is 1. The van der Waals surface area contributed by atoms with E-state index in [1.165, 1.54) is 17.0 Å². The van der Waals surface area contributed by atoms with E-state index in [-0.39, 0.29) is 11.8 Å². The molecule has 3 heterocycles. The number of nitrogens with one attached hydrogen (secondary N) is 1. The molecule has 0 atom stereocenters. The van der Waals surface area contributed by atoms with E-state index in [9.17, 15) is 9.59 Å². The van der Waals surface area contributed by atoms with E-state index in [1.54, 1.807) is 6.07 Å². The maximum Gasteiger partial charge on any atom is 0.289 e. The van der Waals surface area contributed by atoms with E-state index in [0.717, 1.165) is 55.0 Å². The number of fused-ring (bicyclic) bond motifs is 1. The van der Waals surface area contributed by atoms with Crippen molar-refractivity contribution in [1.29, 1.82) is 0 Å². The summed E-state index contributed by atoms with van der Waals surface area (Å²) in [6, 6.07) is 13.9. The van der Waals surface area contributed by atoms with E-state index in [0.29, 0.717) is 23.7 Å². The molecule has 0 radical (unpaired) electrons. The van der Waals surface area contributed by atoms with Crippen molar-refractivity contribution in [3.05, 3.63) is 75.4 Å². The predicted octanol–water partition coefficient (Wildman–Crippen LogP) is 4.08. The molecule has 0 spiro atoms. The van der Waals surface area contributed by atoms with Gasteiger partial charge in [-0.1, -0.05) is 24.3 Å². The molecule has 2 amide bonds. The summed E-state index contributed by atoms with van der Waals surface area (Å²) in [6.07, 6.45) is 2.38. The highest BCUT2D eigenvalue weighted by molar-refractivity contribution is 7.12. The standard InChI is InChI=1S/C25H26N4O3S/c1-17-22-19(26-27-24(30)21-11-6-16-33-21)9-5-10-20(22)32-23(17)25(31)29-14-12-28(13-15-29)18-7-3-2-4-8-18/h2-4,6-8,11,16H,5,9-10,12-15H2,1H3,(H,27,30)/b26-19+.